The van der Waals surface area contributed by atoms with Gasteiger partial charge in [0.15, 0.2) is 0 Å². The van der Waals surface area contributed by atoms with Gasteiger partial charge in [-0.25, -0.2) is 4.79 Å². The summed E-state index contributed by atoms with van der Waals surface area (Å²) in [5, 5.41) is 12.2. The Morgan fingerprint density at radius 3 is 2.16 bits per heavy atom. The Balaban J connectivity index is 1.73. The number of ether oxygens (including phenoxy) is 1. The van der Waals surface area contributed by atoms with E-state index in [4.69, 9.17) is 4.74 Å². The highest BCUT2D eigenvalue weighted by atomic mass is 16.5. The molecule has 0 unspecified atom stereocenters. The Kier molecular flexibility index (Phi) is 11.2. The number of unbranched alkanes of at least 4 members (excludes halogenated alkanes) is 6. The highest BCUT2D eigenvalue weighted by molar-refractivity contribution is 5.83. The van der Waals surface area contributed by atoms with Crippen LogP contribution in [0, 0.1) is 0 Å². The van der Waals surface area contributed by atoms with Crippen molar-refractivity contribution in [3.63, 3.8) is 0 Å². The van der Waals surface area contributed by atoms with Crippen LogP contribution in [0.15, 0.2) is 54.6 Å². The first-order valence-electron chi connectivity index (χ1n) is 11.4. The van der Waals surface area contributed by atoms with Gasteiger partial charge in [0.1, 0.15) is 18.4 Å². The lowest BCUT2D eigenvalue weighted by Gasteiger charge is -2.15. The lowest BCUT2D eigenvalue weighted by molar-refractivity contribution is -0.141. The van der Waals surface area contributed by atoms with Gasteiger partial charge in [-0.1, -0.05) is 87.9 Å². The molecule has 0 saturated carbocycles. The molecule has 0 fully saturated rings. The van der Waals surface area contributed by atoms with E-state index in [9.17, 15) is 14.7 Å². The molecule has 0 aliphatic rings. The predicted octanol–water partition coefficient (Wildman–Crippen LogP) is 5.52. The lowest BCUT2D eigenvalue weighted by atomic mass is 10.0. The summed E-state index contributed by atoms with van der Waals surface area (Å²) in [5.41, 5.74) is 1.93. The Hall–Kier alpha value is -2.82. The fraction of sp³-hybridized carbons (Fsp3) is 0.462. The summed E-state index contributed by atoms with van der Waals surface area (Å²) < 4.78 is 5.76. The molecule has 0 saturated heterocycles. The van der Waals surface area contributed by atoms with Gasteiger partial charge in [-0.3, -0.25) is 4.79 Å². The molecule has 5 nitrogen and oxygen atoms in total. The average Bonchev–Trinajstić information content (AvgIpc) is 2.78. The van der Waals surface area contributed by atoms with Gasteiger partial charge in [-0.15, -0.1) is 0 Å². The Bertz CT molecular complexity index is 774. The minimum Gasteiger partial charge on any atom is -0.489 e. The number of carbonyl (C=O) groups excluding carboxylic acids is 1. The zero-order valence-electron chi connectivity index (χ0n) is 18.5. The van der Waals surface area contributed by atoms with E-state index in [0.717, 1.165) is 36.1 Å². The summed E-state index contributed by atoms with van der Waals surface area (Å²) in [6.45, 7) is 2.67. The van der Waals surface area contributed by atoms with Gasteiger partial charge >= 0.3 is 5.97 Å². The molecule has 2 aromatic rings. The van der Waals surface area contributed by atoms with Gasteiger partial charge in [0.2, 0.25) is 5.91 Å². The minimum atomic E-state index is -1.02. The van der Waals surface area contributed by atoms with Crippen LogP contribution in [0.25, 0.3) is 0 Å². The maximum atomic E-state index is 12.2. The SMILES string of the molecule is CCCCCCCCCC(=O)N[C@@H](Cc1ccc(OCc2ccccc2)cc1)C(=O)O. The summed E-state index contributed by atoms with van der Waals surface area (Å²) >= 11 is 0. The molecule has 168 valence electrons. The largest absolute Gasteiger partial charge is 0.489 e. The van der Waals surface area contributed by atoms with Crippen LogP contribution in [0.3, 0.4) is 0 Å². The second kappa shape index (κ2) is 14.2. The Morgan fingerprint density at radius 1 is 0.871 bits per heavy atom. The minimum absolute atomic E-state index is 0.191. The van der Waals surface area contributed by atoms with Crippen LogP contribution in [-0.2, 0) is 22.6 Å². The van der Waals surface area contributed by atoms with E-state index >= 15 is 0 Å². The van der Waals surface area contributed by atoms with Gasteiger partial charge in [0.05, 0.1) is 0 Å². The van der Waals surface area contributed by atoms with Crippen LogP contribution in [0.1, 0.15) is 69.4 Å². The Labute approximate surface area is 185 Å². The van der Waals surface area contributed by atoms with E-state index < -0.39 is 12.0 Å². The van der Waals surface area contributed by atoms with E-state index in [0.29, 0.717) is 13.0 Å². The molecule has 2 aromatic carbocycles. The van der Waals surface area contributed by atoms with Crippen molar-refractivity contribution in [1.29, 1.82) is 0 Å². The third-order valence-electron chi connectivity index (χ3n) is 5.25. The molecule has 0 spiro atoms. The summed E-state index contributed by atoms with van der Waals surface area (Å²) in [6.07, 6.45) is 8.52. The maximum absolute atomic E-state index is 12.2. The van der Waals surface area contributed by atoms with Gasteiger partial charge < -0.3 is 15.2 Å². The zero-order valence-corrected chi connectivity index (χ0v) is 18.5. The van der Waals surface area contributed by atoms with Crippen molar-refractivity contribution in [2.24, 2.45) is 0 Å². The summed E-state index contributed by atoms with van der Waals surface area (Å²) in [4.78, 5) is 23.8. The van der Waals surface area contributed by atoms with Crippen molar-refractivity contribution in [2.75, 3.05) is 0 Å². The number of hydrogen-bond acceptors (Lipinski definition) is 3. The highest BCUT2D eigenvalue weighted by Crippen LogP contribution is 2.16. The summed E-state index contributed by atoms with van der Waals surface area (Å²) in [6, 6.07) is 16.3. The quantitative estimate of drug-likeness (QED) is 0.369. The smallest absolute Gasteiger partial charge is 0.326 e. The molecule has 2 rings (SSSR count). The van der Waals surface area contributed by atoms with E-state index in [-0.39, 0.29) is 12.3 Å². The van der Waals surface area contributed by atoms with E-state index in [2.05, 4.69) is 12.2 Å². The number of rotatable bonds is 15. The molecule has 0 radical (unpaired) electrons. The van der Waals surface area contributed by atoms with Gasteiger partial charge in [0, 0.05) is 12.8 Å². The van der Waals surface area contributed by atoms with Crippen molar-refractivity contribution in [1.82, 2.24) is 5.32 Å². The van der Waals surface area contributed by atoms with E-state index in [1.54, 1.807) is 0 Å². The zero-order chi connectivity index (χ0) is 22.3. The third kappa shape index (κ3) is 10.2. The number of aliphatic carboxylic acids is 1. The molecule has 0 bridgehead atoms. The van der Waals surface area contributed by atoms with Crippen molar-refractivity contribution in [3.8, 4) is 5.75 Å². The van der Waals surface area contributed by atoms with Crippen LogP contribution in [0.2, 0.25) is 0 Å². The topological polar surface area (TPSA) is 75.6 Å². The average molecular weight is 426 g/mol. The van der Waals surface area contributed by atoms with E-state index in [1.807, 2.05) is 54.6 Å². The molecule has 5 heteroatoms. The maximum Gasteiger partial charge on any atom is 0.326 e. The highest BCUT2D eigenvalue weighted by Gasteiger charge is 2.20. The van der Waals surface area contributed by atoms with Crippen LogP contribution in [0.5, 0.6) is 5.75 Å². The number of carbonyl (C=O) groups is 2. The van der Waals surface area contributed by atoms with Crippen LogP contribution in [-0.4, -0.2) is 23.0 Å². The van der Waals surface area contributed by atoms with Crippen molar-refractivity contribution >= 4 is 11.9 Å². The number of carboxylic acids is 1. The first-order valence-corrected chi connectivity index (χ1v) is 11.4. The van der Waals surface area contributed by atoms with Gasteiger partial charge in [-0.2, -0.15) is 0 Å². The van der Waals surface area contributed by atoms with Crippen LogP contribution in [0.4, 0.5) is 0 Å². The number of benzene rings is 2. The molecular weight excluding hydrogens is 390 g/mol. The summed E-state index contributed by atoms with van der Waals surface area (Å²) in [5.74, 6) is -0.483. The molecule has 1 amide bonds. The Morgan fingerprint density at radius 2 is 1.52 bits per heavy atom. The van der Waals surface area contributed by atoms with E-state index in [1.165, 1.54) is 25.7 Å². The fourth-order valence-electron chi connectivity index (χ4n) is 3.41. The molecule has 2 N–H and O–H groups in total. The van der Waals surface area contributed by atoms with Crippen LogP contribution >= 0.6 is 0 Å². The molecule has 0 heterocycles. The second-order valence-electron chi connectivity index (χ2n) is 7.95. The first kappa shape index (κ1) is 24.4. The van der Waals surface area contributed by atoms with Crippen LogP contribution < -0.4 is 10.1 Å². The molecule has 0 aliphatic carbocycles. The number of amides is 1. The third-order valence-corrected chi connectivity index (χ3v) is 5.25. The van der Waals surface area contributed by atoms with Gasteiger partial charge in [0.25, 0.3) is 0 Å². The number of hydrogen-bond donors (Lipinski definition) is 2. The number of carboxylic acid groups (broad SMARTS) is 1. The predicted molar refractivity (Wildman–Crippen MR) is 123 cm³/mol. The number of nitrogens with one attached hydrogen (secondary N) is 1. The lowest BCUT2D eigenvalue weighted by Crippen LogP contribution is -2.42. The summed E-state index contributed by atoms with van der Waals surface area (Å²) in [7, 11) is 0. The van der Waals surface area contributed by atoms with Crippen molar-refractivity contribution in [3.05, 3.63) is 65.7 Å². The van der Waals surface area contributed by atoms with Crippen molar-refractivity contribution < 1.29 is 19.4 Å². The standard InChI is InChI=1S/C26H35NO4/c1-2-3-4-5-6-7-11-14-25(28)27-24(26(29)30)19-21-15-17-23(18-16-21)31-20-22-12-9-8-10-13-22/h8-10,12-13,15-18,24H,2-7,11,14,19-20H2,1H3,(H,27,28)(H,29,30)/t24-/m0/s1. The van der Waals surface area contributed by atoms with Crippen molar-refractivity contribution in [2.45, 2.75) is 77.4 Å². The molecular formula is C26H35NO4. The normalized spacial score (nSPS) is 11.6. The molecule has 0 aromatic heterocycles. The fourth-order valence-corrected chi connectivity index (χ4v) is 3.41. The first-order chi connectivity index (χ1) is 15.1. The molecule has 0 aliphatic heterocycles. The molecule has 1 atom stereocenters. The monoisotopic (exact) mass is 425 g/mol. The second-order valence-corrected chi connectivity index (χ2v) is 7.95. The van der Waals surface area contributed by atoms with Gasteiger partial charge in [-0.05, 0) is 29.7 Å². The molecule has 31 heavy (non-hydrogen) atoms.